The normalized spacial score (nSPS) is 13.9. The summed E-state index contributed by atoms with van der Waals surface area (Å²) >= 11 is 0. The molecule has 3 rings (SSSR count). The van der Waals surface area contributed by atoms with E-state index in [1.807, 2.05) is 0 Å². The van der Waals surface area contributed by atoms with Gasteiger partial charge in [0, 0.05) is 24.5 Å². The summed E-state index contributed by atoms with van der Waals surface area (Å²) in [6, 6.07) is 0. The molecule has 0 unspecified atom stereocenters. The number of ether oxygens (including phenoxy) is 1. The summed E-state index contributed by atoms with van der Waals surface area (Å²) in [4.78, 5) is 26.1. The van der Waals surface area contributed by atoms with E-state index in [1.54, 1.807) is 14.0 Å². The van der Waals surface area contributed by atoms with Crippen LogP contribution in [0.3, 0.4) is 0 Å². The fourth-order valence-electron chi connectivity index (χ4n) is 3.00. The number of halogens is 3. The van der Waals surface area contributed by atoms with E-state index in [2.05, 4.69) is 5.10 Å². The number of alkyl halides is 3. The van der Waals surface area contributed by atoms with E-state index in [1.165, 1.54) is 16.6 Å². The molecule has 0 aliphatic carbocycles. The molecule has 0 spiro atoms. The van der Waals surface area contributed by atoms with Crippen LogP contribution in [0.25, 0.3) is 0 Å². The van der Waals surface area contributed by atoms with E-state index in [0.29, 0.717) is 28.8 Å². The number of aromatic nitrogens is 3. The van der Waals surface area contributed by atoms with Gasteiger partial charge < -0.3 is 14.2 Å². The molecule has 0 radical (unpaired) electrons. The number of hydrogen-bond acceptors (Lipinski definition) is 4. The number of rotatable bonds is 2. The maximum absolute atomic E-state index is 12.6. The van der Waals surface area contributed by atoms with Crippen molar-refractivity contribution < 1.29 is 22.7 Å². The van der Waals surface area contributed by atoms with E-state index in [9.17, 15) is 22.8 Å². The second kappa shape index (κ2) is 5.64. The number of amides is 1. The molecular weight excluding hydrogens is 341 g/mol. The molecule has 1 aliphatic rings. The van der Waals surface area contributed by atoms with Gasteiger partial charge in [-0.05, 0) is 6.92 Å². The Morgan fingerprint density at radius 3 is 2.56 bits per heavy atom. The van der Waals surface area contributed by atoms with Crippen LogP contribution < -0.4 is 10.3 Å². The number of carbonyl (C=O) groups excluding carboxylic acids is 1. The van der Waals surface area contributed by atoms with Crippen molar-refractivity contribution in [3.63, 3.8) is 0 Å². The number of methoxy groups -OCH3 is 1. The van der Waals surface area contributed by atoms with Crippen molar-refractivity contribution in [1.29, 1.82) is 0 Å². The highest BCUT2D eigenvalue weighted by Crippen LogP contribution is 2.32. The average molecular weight is 356 g/mol. The van der Waals surface area contributed by atoms with Crippen molar-refractivity contribution in [2.75, 3.05) is 7.11 Å². The lowest BCUT2D eigenvalue weighted by Crippen LogP contribution is -2.26. The lowest BCUT2D eigenvalue weighted by molar-refractivity contribution is -0.212. The molecule has 134 valence electrons. The molecule has 0 bridgehead atoms. The van der Waals surface area contributed by atoms with Crippen LogP contribution in [0.2, 0.25) is 0 Å². The molecule has 3 heterocycles. The van der Waals surface area contributed by atoms with Gasteiger partial charge in [-0.3, -0.25) is 9.59 Å². The van der Waals surface area contributed by atoms with Gasteiger partial charge in [0.05, 0.1) is 37.5 Å². The minimum Gasteiger partial charge on any atom is -0.496 e. The monoisotopic (exact) mass is 356 g/mol. The Morgan fingerprint density at radius 2 is 2.00 bits per heavy atom. The second-order valence-electron chi connectivity index (χ2n) is 5.75. The highest BCUT2D eigenvalue weighted by molar-refractivity contribution is 5.94. The van der Waals surface area contributed by atoms with Gasteiger partial charge in [-0.2, -0.15) is 9.78 Å². The summed E-state index contributed by atoms with van der Waals surface area (Å²) in [5.74, 6) is -0.196. The van der Waals surface area contributed by atoms with Crippen LogP contribution in [0.4, 0.5) is 13.2 Å². The summed E-state index contributed by atoms with van der Waals surface area (Å²) in [6.07, 6.45) is -3.16. The Bertz CT molecular complexity index is 914. The third kappa shape index (κ3) is 2.67. The minimum atomic E-state index is -4.68. The van der Waals surface area contributed by atoms with Crippen molar-refractivity contribution in [2.24, 2.45) is 7.05 Å². The maximum atomic E-state index is 12.6. The van der Waals surface area contributed by atoms with Gasteiger partial charge in [0.25, 0.3) is 11.5 Å². The molecule has 2 aromatic rings. The first-order valence-electron chi connectivity index (χ1n) is 7.31. The van der Waals surface area contributed by atoms with Crippen LogP contribution in [0.15, 0.2) is 17.2 Å². The van der Waals surface area contributed by atoms with Gasteiger partial charge in [-0.15, -0.1) is 13.2 Å². The molecule has 0 fully saturated rings. The Balaban J connectivity index is 1.94. The van der Waals surface area contributed by atoms with E-state index >= 15 is 0 Å². The zero-order valence-corrected chi connectivity index (χ0v) is 13.7. The van der Waals surface area contributed by atoms with Crippen LogP contribution in [0.1, 0.15) is 27.2 Å². The fourth-order valence-corrected chi connectivity index (χ4v) is 3.00. The number of nitrogens with zero attached hydrogens (tertiary/aromatic N) is 4. The van der Waals surface area contributed by atoms with Crippen molar-refractivity contribution in [3.05, 3.63) is 45.1 Å². The zero-order chi connectivity index (χ0) is 18.5. The summed E-state index contributed by atoms with van der Waals surface area (Å²) < 4.78 is 44.4. The third-order valence-electron chi connectivity index (χ3n) is 4.26. The molecule has 0 N–H and O–H groups in total. The predicted octanol–water partition coefficient (Wildman–Crippen LogP) is 1.53. The average Bonchev–Trinajstić information content (AvgIpc) is 3.19. The quantitative estimate of drug-likeness (QED) is 0.818. The molecule has 7 nitrogen and oxygen atoms in total. The van der Waals surface area contributed by atoms with Crippen LogP contribution in [0, 0.1) is 6.92 Å². The largest absolute Gasteiger partial charge is 0.504 e. The lowest BCUT2D eigenvalue weighted by Gasteiger charge is -2.14. The lowest BCUT2D eigenvalue weighted by atomic mass is 10.1. The van der Waals surface area contributed by atoms with Gasteiger partial charge in [-0.25, -0.2) is 0 Å². The number of hydrogen-bond donors (Lipinski definition) is 0. The van der Waals surface area contributed by atoms with Crippen molar-refractivity contribution in [2.45, 2.75) is 26.3 Å². The number of fused-ring (bicyclic) bond motifs is 1. The summed E-state index contributed by atoms with van der Waals surface area (Å²) in [7, 11) is 3.02. The third-order valence-corrected chi connectivity index (χ3v) is 4.26. The molecule has 0 saturated heterocycles. The summed E-state index contributed by atoms with van der Waals surface area (Å²) in [5, 5.41) is 3.17. The van der Waals surface area contributed by atoms with E-state index in [0.717, 1.165) is 6.20 Å². The Morgan fingerprint density at radius 1 is 1.32 bits per heavy atom. The van der Waals surface area contributed by atoms with Crippen molar-refractivity contribution >= 4 is 5.91 Å². The maximum Gasteiger partial charge on any atom is 0.504 e. The van der Waals surface area contributed by atoms with Gasteiger partial charge in [-0.1, -0.05) is 0 Å². The van der Waals surface area contributed by atoms with Gasteiger partial charge in [0.2, 0.25) is 0 Å². The zero-order valence-electron chi connectivity index (χ0n) is 13.7. The van der Waals surface area contributed by atoms with Gasteiger partial charge in [0.15, 0.2) is 0 Å². The molecule has 2 aromatic heterocycles. The van der Waals surface area contributed by atoms with Crippen molar-refractivity contribution in [3.8, 4) is 5.75 Å². The molecule has 0 aromatic carbocycles. The molecule has 10 heteroatoms. The first-order valence-corrected chi connectivity index (χ1v) is 7.31. The highest BCUT2D eigenvalue weighted by Gasteiger charge is 2.35. The van der Waals surface area contributed by atoms with Crippen LogP contribution in [0.5, 0.6) is 5.75 Å². The van der Waals surface area contributed by atoms with E-state index in [-0.39, 0.29) is 28.9 Å². The fraction of sp³-hybridized carbons (Fsp3) is 0.400. The first-order chi connectivity index (χ1) is 11.6. The Kier molecular flexibility index (Phi) is 3.85. The van der Waals surface area contributed by atoms with Crippen LogP contribution in [-0.4, -0.2) is 32.3 Å². The molecule has 0 atom stereocenters. The van der Waals surface area contributed by atoms with Crippen molar-refractivity contribution in [1.82, 2.24) is 19.2 Å². The molecule has 25 heavy (non-hydrogen) atoms. The molecular formula is C15H15F3N4O3. The Hall–Kier alpha value is -2.78. The van der Waals surface area contributed by atoms with E-state index in [4.69, 9.17) is 4.74 Å². The van der Waals surface area contributed by atoms with Gasteiger partial charge in [0.1, 0.15) is 5.75 Å². The topological polar surface area (TPSA) is 69.4 Å². The van der Waals surface area contributed by atoms with Gasteiger partial charge >= 0.3 is 6.30 Å². The van der Waals surface area contributed by atoms with Crippen LogP contribution in [-0.2, 0) is 26.4 Å². The number of pyridine rings is 1. The smallest absolute Gasteiger partial charge is 0.496 e. The SMILES string of the molecule is COc1c2c(n(C)c(=O)c1C)CN(C(=O)c1cnn(C(F)(F)F)c1)C2. The second-order valence-corrected chi connectivity index (χ2v) is 5.75. The summed E-state index contributed by atoms with van der Waals surface area (Å²) in [6.45, 7) is 1.87. The standard InChI is InChI=1S/C15H15F3N4O3/c1-8-12(25-3)10-6-21(7-11(10)20(2)13(8)23)14(24)9-4-19-22(5-9)15(16,17)18/h4-5H,6-7H2,1-3H3. The number of carbonyl (C=O) groups is 1. The molecule has 0 saturated carbocycles. The van der Waals surface area contributed by atoms with Crippen LogP contribution >= 0.6 is 0 Å². The first kappa shape index (κ1) is 17.1. The molecule has 1 amide bonds. The minimum absolute atomic E-state index is 0.105. The predicted molar refractivity (Wildman–Crippen MR) is 80.1 cm³/mol. The molecule has 1 aliphatic heterocycles. The summed E-state index contributed by atoms with van der Waals surface area (Å²) in [5.41, 5.74) is 1.28. The Labute approximate surface area is 140 Å². The highest BCUT2D eigenvalue weighted by atomic mass is 19.4. The van der Waals surface area contributed by atoms with E-state index < -0.39 is 12.2 Å².